The monoisotopic (exact) mass is 305 g/mol. The van der Waals surface area contributed by atoms with Gasteiger partial charge in [0.15, 0.2) is 0 Å². The number of fused-ring (bicyclic) bond motifs is 1. The van der Waals surface area contributed by atoms with Gasteiger partial charge >= 0.3 is 0 Å². The van der Waals surface area contributed by atoms with Crippen molar-refractivity contribution in [2.75, 3.05) is 0 Å². The van der Waals surface area contributed by atoms with Crippen molar-refractivity contribution in [3.8, 4) is 0 Å². The van der Waals surface area contributed by atoms with E-state index in [9.17, 15) is 4.79 Å². The summed E-state index contributed by atoms with van der Waals surface area (Å²) >= 11 is 0. The second-order valence-corrected chi connectivity index (χ2v) is 4.92. The van der Waals surface area contributed by atoms with Crippen molar-refractivity contribution >= 4 is 29.1 Å². The molecule has 0 aliphatic heterocycles. The summed E-state index contributed by atoms with van der Waals surface area (Å²) in [7, 11) is 0. The lowest BCUT2D eigenvalue weighted by molar-refractivity contribution is 0.0950. The van der Waals surface area contributed by atoms with E-state index in [-0.39, 0.29) is 5.91 Å². The highest BCUT2D eigenvalue weighted by Gasteiger charge is 2.06. The third-order valence-electron chi connectivity index (χ3n) is 3.18. The Bertz CT molecular complexity index is 894. The molecule has 3 rings (SSSR count). The average molecular weight is 305 g/mol. The van der Waals surface area contributed by atoms with Crippen LogP contribution in [0.2, 0.25) is 0 Å². The number of para-hydroxylation sites is 1. The van der Waals surface area contributed by atoms with Crippen LogP contribution in [-0.4, -0.2) is 17.1 Å². The van der Waals surface area contributed by atoms with Gasteiger partial charge in [-0.15, -0.1) is 0 Å². The van der Waals surface area contributed by atoms with Gasteiger partial charge in [-0.1, -0.05) is 24.3 Å². The lowest BCUT2D eigenvalue weighted by Crippen LogP contribution is -2.18. The number of carbonyl (C=O) groups is 1. The van der Waals surface area contributed by atoms with E-state index in [0.717, 1.165) is 22.4 Å². The SMILES string of the molecule is Cc1ccc(/C=C/C=N/NC(=O)c2ccc3ccccc3n2)o1. The lowest BCUT2D eigenvalue weighted by Gasteiger charge is -2.01. The molecule has 0 radical (unpaired) electrons. The molecular weight excluding hydrogens is 290 g/mol. The van der Waals surface area contributed by atoms with Crippen LogP contribution in [0.15, 0.2) is 64.1 Å². The van der Waals surface area contributed by atoms with Crippen LogP contribution in [0.3, 0.4) is 0 Å². The Morgan fingerprint density at radius 2 is 2.04 bits per heavy atom. The van der Waals surface area contributed by atoms with Crippen molar-refractivity contribution < 1.29 is 9.21 Å². The van der Waals surface area contributed by atoms with Gasteiger partial charge in [0.2, 0.25) is 0 Å². The number of hydrogen-bond acceptors (Lipinski definition) is 4. The fourth-order valence-corrected chi connectivity index (χ4v) is 2.07. The number of nitrogens with one attached hydrogen (secondary N) is 1. The van der Waals surface area contributed by atoms with Crippen molar-refractivity contribution in [3.05, 3.63) is 71.8 Å². The summed E-state index contributed by atoms with van der Waals surface area (Å²) in [5.41, 5.74) is 3.54. The minimum absolute atomic E-state index is 0.325. The van der Waals surface area contributed by atoms with Crippen LogP contribution in [0, 0.1) is 6.92 Å². The van der Waals surface area contributed by atoms with Gasteiger partial charge in [0.25, 0.3) is 5.91 Å². The molecule has 2 aromatic heterocycles. The first kappa shape index (κ1) is 14.7. The quantitative estimate of drug-likeness (QED) is 0.592. The molecule has 23 heavy (non-hydrogen) atoms. The lowest BCUT2D eigenvalue weighted by atomic mass is 10.2. The zero-order chi connectivity index (χ0) is 16.1. The Balaban J connectivity index is 1.61. The predicted octanol–water partition coefficient (Wildman–Crippen LogP) is 3.57. The van der Waals surface area contributed by atoms with Crippen LogP contribution < -0.4 is 5.43 Å². The van der Waals surface area contributed by atoms with Gasteiger partial charge in [0.05, 0.1) is 5.52 Å². The van der Waals surface area contributed by atoms with Crippen molar-refractivity contribution in [1.29, 1.82) is 0 Å². The van der Waals surface area contributed by atoms with Gasteiger partial charge in [-0.3, -0.25) is 4.79 Å². The highest BCUT2D eigenvalue weighted by atomic mass is 16.3. The summed E-state index contributed by atoms with van der Waals surface area (Å²) in [6.07, 6.45) is 4.93. The molecule has 0 aliphatic carbocycles. The molecule has 5 heteroatoms. The third kappa shape index (κ3) is 3.71. The number of hydrazone groups is 1. The molecule has 0 unspecified atom stereocenters. The zero-order valence-corrected chi connectivity index (χ0v) is 12.6. The smallest absolute Gasteiger partial charge is 0.289 e. The zero-order valence-electron chi connectivity index (χ0n) is 12.6. The van der Waals surface area contributed by atoms with Crippen LogP contribution in [0.5, 0.6) is 0 Å². The van der Waals surface area contributed by atoms with Crippen LogP contribution >= 0.6 is 0 Å². The van der Waals surface area contributed by atoms with Gasteiger partial charge in [-0.25, -0.2) is 10.4 Å². The van der Waals surface area contributed by atoms with E-state index in [2.05, 4.69) is 15.5 Å². The highest BCUT2D eigenvalue weighted by Crippen LogP contribution is 2.11. The number of hydrogen-bond donors (Lipinski definition) is 1. The van der Waals surface area contributed by atoms with Gasteiger partial charge in [0.1, 0.15) is 17.2 Å². The van der Waals surface area contributed by atoms with Gasteiger partial charge in [-0.05, 0) is 43.3 Å². The summed E-state index contributed by atoms with van der Waals surface area (Å²) in [5.74, 6) is 1.22. The average Bonchev–Trinajstić information content (AvgIpc) is 2.99. The molecule has 114 valence electrons. The minimum atomic E-state index is -0.353. The van der Waals surface area contributed by atoms with Crippen molar-refractivity contribution in [2.24, 2.45) is 5.10 Å². The molecule has 0 spiro atoms. The van der Waals surface area contributed by atoms with Gasteiger partial charge in [0, 0.05) is 11.6 Å². The Morgan fingerprint density at radius 3 is 2.87 bits per heavy atom. The standard InChI is InChI=1S/C18H15N3O2/c1-13-8-10-15(23-13)6-4-12-19-21-18(22)17-11-9-14-5-2-3-7-16(14)20-17/h2-12H,1H3,(H,21,22)/b6-4+,19-12+. The van der Waals surface area contributed by atoms with E-state index in [1.807, 2.05) is 49.4 Å². The summed E-state index contributed by atoms with van der Waals surface area (Å²) in [4.78, 5) is 16.3. The van der Waals surface area contributed by atoms with Crippen LogP contribution in [0.1, 0.15) is 22.0 Å². The first-order valence-electron chi connectivity index (χ1n) is 7.15. The van der Waals surface area contributed by atoms with Crippen LogP contribution in [-0.2, 0) is 0 Å². The maximum atomic E-state index is 12.0. The van der Waals surface area contributed by atoms with E-state index in [1.165, 1.54) is 6.21 Å². The van der Waals surface area contributed by atoms with Gasteiger partial charge < -0.3 is 4.42 Å². The molecule has 0 aliphatic rings. The maximum Gasteiger partial charge on any atom is 0.289 e. The van der Waals surface area contributed by atoms with Crippen LogP contribution in [0.4, 0.5) is 0 Å². The van der Waals surface area contributed by atoms with E-state index in [0.29, 0.717) is 5.69 Å². The number of nitrogens with zero attached hydrogens (tertiary/aromatic N) is 2. The second-order valence-electron chi connectivity index (χ2n) is 4.92. The number of furan rings is 1. The second kappa shape index (κ2) is 6.70. The number of aryl methyl sites for hydroxylation is 1. The fourth-order valence-electron chi connectivity index (χ4n) is 2.07. The molecule has 0 fully saturated rings. The maximum absolute atomic E-state index is 12.0. The van der Waals surface area contributed by atoms with E-state index >= 15 is 0 Å². The number of rotatable bonds is 4. The van der Waals surface area contributed by atoms with Crippen molar-refractivity contribution in [2.45, 2.75) is 6.92 Å². The summed E-state index contributed by atoms with van der Waals surface area (Å²) < 4.78 is 5.38. The van der Waals surface area contributed by atoms with E-state index in [1.54, 1.807) is 18.2 Å². The molecule has 1 N–H and O–H groups in total. The number of amides is 1. The normalized spacial score (nSPS) is 11.5. The van der Waals surface area contributed by atoms with Crippen LogP contribution in [0.25, 0.3) is 17.0 Å². The number of benzene rings is 1. The number of pyridine rings is 1. The third-order valence-corrected chi connectivity index (χ3v) is 3.18. The molecule has 2 heterocycles. The molecule has 0 saturated heterocycles. The number of aromatic nitrogens is 1. The Hall–Kier alpha value is -3.21. The number of carbonyl (C=O) groups excluding carboxylic acids is 1. The Morgan fingerprint density at radius 1 is 1.17 bits per heavy atom. The van der Waals surface area contributed by atoms with Crippen molar-refractivity contribution in [1.82, 2.24) is 10.4 Å². The summed E-state index contributed by atoms with van der Waals surface area (Å²) in [5, 5.41) is 4.85. The summed E-state index contributed by atoms with van der Waals surface area (Å²) in [6, 6.07) is 14.9. The minimum Gasteiger partial charge on any atom is -0.462 e. The fraction of sp³-hybridized carbons (Fsp3) is 0.0556. The highest BCUT2D eigenvalue weighted by molar-refractivity contribution is 5.95. The largest absolute Gasteiger partial charge is 0.462 e. The van der Waals surface area contributed by atoms with E-state index in [4.69, 9.17) is 4.42 Å². The molecule has 0 bridgehead atoms. The topological polar surface area (TPSA) is 67.5 Å². The predicted molar refractivity (Wildman–Crippen MR) is 90.2 cm³/mol. The molecule has 3 aromatic rings. The first-order chi connectivity index (χ1) is 11.2. The Labute approximate surface area is 133 Å². The van der Waals surface area contributed by atoms with Crippen molar-refractivity contribution in [3.63, 3.8) is 0 Å². The molecule has 1 aromatic carbocycles. The Kier molecular flexibility index (Phi) is 4.29. The summed E-state index contributed by atoms with van der Waals surface area (Å²) in [6.45, 7) is 1.88. The van der Waals surface area contributed by atoms with Gasteiger partial charge in [-0.2, -0.15) is 5.10 Å². The molecule has 5 nitrogen and oxygen atoms in total. The molecule has 0 atom stereocenters. The molecule has 1 amide bonds. The number of allylic oxidation sites excluding steroid dienone is 1. The molecular formula is C18H15N3O2. The van der Waals surface area contributed by atoms with E-state index < -0.39 is 0 Å². The molecule has 0 saturated carbocycles. The first-order valence-corrected chi connectivity index (χ1v) is 7.15.